The number of rotatable bonds is 4. The van der Waals surface area contributed by atoms with Gasteiger partial charge in [0.05, 0.1) is 12.7 Å². The molecule has 7 heteroatoms. The van der Waals surface area contributed by atoms with Crippen LogP contribution in [-0.4, -0.2) is 30.9 Å². The summed E-state index contributed by atoms with van der Waals surface area (Å²) in [6.45, 7) is 3.64. The summed E-state index contributed by atoms with van der Waals surface area (Å²) in [5, 5.41) is 3.26. The fourth-order valence-corrected chi connectivity index (χ4v) is 5.51. The highest BCUT2D eigenvalue weighted by Crippen LogP contribution is 2.45. The highest BCUT2D eigenvalue weighted by atomic mass is 19.1. The van der Waals surface area contributed by atoms with Crippen molar-refractivity contribution in [3.63, 3.8) is 0 Å². The van der Waals surface area contributed by atoms with Gasteiger partial charge in [-0.3, -0.25) is 9.59 Å². The maximum atomic E-state index is 13.8. The van der Waals surface area contributed by atoms with Gasteiger partial charge in [0.15, 0.2) is 5.78 Å². The lowest BCUT2D eigenvalue weighted by Gasteiger charge is -2.38. The van der Waals surface area contributed by atoms with Gasteiger partial charge in [0.25, 0.3) is 0 Å². The van der Waals surface area contributed by atoms with Gasteiger partial charge in [-0.05, 0) is 62.6 Å². The maximum absolute atomic E-state index is 13.8. The smallest absolute Gasteiger partial charge is 0.337 e. The normalized spacial score (nSPS) is 25.9. The van der Waals surface area contributed by atoms with Crippen molar-refractivity contribution in [1.82, 2.24) is 5.32 Å². The number of hydrogen-bond acceptors (Lipinski definition) is 6. The second-order valence-corrected chi connectivity index (χ2v) is 9.61. The van der Waals surface area contributed by atoms with Crippen LogP contribution < -0.4 is 5.32 Å². The van der Waals surface area contributed by atoms with E-state index >= 15 is 0 Å². The third-order valence-electron chi connectivity index (χ3n) is 7.24. The molecule has 1 N–H and O–H groups in total. The van der Waals surface area contributed by atoms with Crippen LogP contribution in [-0.2, 0) is 23.9 Å². The number of methoxy groups -OCH3 is 1. The largest absolute Gasteiger partial charge is 0.468 e. The molecular formula is C27H32FNO5. The van der Waals surface area contributed by atoms with E-state index in [0.29, 0.717) is 34.5 Å². The van der Waals surface area contributed by atoms with Crippen molar-refractivity contribution < 1.29 is 28.2 Å². The minimum absolute atomic E-state index is 0.163. The van der Waals surface area contributed by atoms with Crippen LogP contribution in [0.25, 0.3) is 0 Å². The number of allylic oxidation sites excluding steroid dienone is 3. The highest BCUT2D eigenvalue weighted by Gasteiger charge is 2.47. The molecule has 0 aromatic heterocycles. The minimum Gasteiger partial charge on any atom is -0.468 e. The van der Waals surface area contributed by atoms with Crippen LogP contribution in [0, 0.1) is 17.7 Å². The number of Topliss-reactive ketones (excluding diaryl/α,β-unsaturated/α-hetero) is 1. The summed E-state index contributed by atoms with van der Waals surface area (Å²) in [7, 11) is 1.27. The van der Waals surface area contributed by atoms with Crippen LogP contribution in [0.3, 0.4) is 0 Å². The topological polar surface area (TPSA) is 81.7 Å². The lowest BCUT2D eigenvalue weighted by Crippen LogP contribution is -2.43. The second-order valence-electron chi connectivity index (χ2n) is 9.61. The van der Waals surface area contributed by atoms with Crippen molar-refractivity contribution in [1.29, 1.82) is 0 Å². The molecule has 4 rings (SSSR count). The first kappa shape index (κ1) is 24.2. The first-order valence-corrected chi connectivity index (χ1v) is 12.1. The zero-order valence-electron chi connectivity index (χ0n) is 20.0. The number of nitrogens with one attached hydrogen (secondary N) is 1. The first-order chi connectivity index (χ1) is 16.3. The Morgan fingerprint density at radius 3 is 2.32 bits per heavy atom. The Labute approximate surface area is 199 Å². The zero-order valence-corrected chi connectivity index (χ0v) is 20.0. The molecule has 1 aliphatic heterocycles. The monoisotopic (exact) mass is 469 g/mol. The standard InChI is InChI=1S/C27H32FNO5/c1-15-14-20-24(25(30)21(15)26(31)33-3)23(17-10-12-18(28)13-11-17)22(16(2)29-20)27(32)34-19-8-6-4-5-7-9-19/h10-13,15,19,21,23,29H,4-9,14H2,1-3H3/t15-,21-,23-/m1/s1. The molecule has 1 heterocycles. The summed E-state index contributed by atoms with van der Waals surface area (Å²) in [5.41, 5.74) is 2.60. The number of ketones is 1. The average molecular weight is 470 g/mol. The van der Waals surface area contributed by atoms with E-state index in [1.165, 1.54) is 19.2 Å². The van der Waals surface area contributed by atoms with Crippen LogP contribution in [0.5, 0.6) is 0 Å². The third-order valence-corrected chi connectivity index (χ3v) is 7.24. The van der Waals surface area contributed by atoms with Gasteiger partial charge in [0.2, 0.25) is 0 Å². The molecule has 34 heavy (non-hydrogen) atoms. The van der Waals surface area contributed by atoms with E-state index in [1.54, 1.807) is 19.1 Å². The molecule has 6 nitrogen and oxygen atoms in total. The van der Waals surface area contributed by atoms with Crippen molar-refractivity contribution in [2.45, 2.75) is 70.8 Å². The Hall–Kier alpha value is -2.96. The molecule has 182 valence electrons. The van der Waals surface area contributed by atoms with Gasteiger partial charge in [-0.25, -0.2) is 9.18 Å². The second kappa shape index (κ2) is 10.1. The van der Waals surface area contributed by atoms with Crippen LogP contribution in [0.4, 0.5) is 4.39 Å². The fraction of sp³-hybridized carbons (Fsp3) is 0.519. The lowest BCUT2D eigenvalue weighted by molar-refractivity contribution is -0.151. The van der Waals surface area contributed by atoms with Gasteiger partial charge in [-0.1, -0.05) is 31.9 Å². The van der Waals surface area contributed by atoms with E-state index in [9.17, 15) is 18.8 Å². The number of hydrogen-bond donors (Lipinski definition) is 1. The molecule has 0 bridgehead atoms. The number of ether oxygens (including phenoxy) is 2. The molecule has 0 spiro atoms. The highest BCUT2D eigenvalue weighted by molar-refractivity contribution is 6.12. The lowest BCUT2D eigenvalue weighted by atomic mass is 9.69. The minimum atomic E-state index is -0.953. The number of carbonyl (C=O) groups is 3. The Kier molecular flexibility index (Phi) is 7.19. The van der Waals surface area contributed by atoms with E-state index in [0.717, 1.165) is 38.5 Å². The van der Waals surface area contributed by atoms with Crippen molar-refractivity contribution in [2.75, 3.05) is 7.11 Å². The van der Waals surface area contributed by atoms with E-state index < -0.39 is 29.6 Å². The van der Waals surface area contributed by atoms with Gasteiger partial charge < -0.3 is 14.8 Å². The van der Waals surface area contributed by atoms with Crippen LogP contribution in [0.15, 0.2) is 46.8 Å². The number of halogens is 1. The van der Waals surface area contributed by atoms with Crippen molar-refractivity contribution >= 4 is 17.7 Å². The molecular weight excluding hydrogens is 437 g/mol. The van der Waals surface area contributed by atoms with E-state index in [4.69, 9.17) is 9.47 Å². The Balaban J connectivity index is 1.76. The van der Waals surface area contributed by atoms with Gasteiger partial charge in [0, 0.05) is 22.9 Å². The molecule has 0 radical (unpaired) electrons. The molecule has 1 saturated carbocycles. The van der Waals surface area contributed by atoms with E-state index in [-0.39, 0.29) is 17.8 Å². The van der Waals surface area contributed by atoms with Crippen LogP contribution >= 0.6 is 0 Å². The van der Waals surface area contributed by atoms with Crippen molar-refractivity contribution in [2.24, 2.45) is 11.8 Å². The molecule has 1 aromatic rings. The van der Waals surface area contributed by atoms with Crippen molar-refractivity contribution in [3.05, 3.63) is 58.2 Å². The average Bonchev–Trinajstić information content (AvgIpc) is 3.07. The summed E-state index contributed by atoms with van der Waals surface area (Å²) >= 11 is 0. The number of esters is 2. The number of carbonyl (C=O) groups excluding carboxylic acids is 3. The summed E-state index contributed by atoms with van der Waals surface area (Å²) in [5.74, 6) is -3.80. The van der Waals surface area contributed by atoms with Crippen LogP contribution in [0.2, 0.25) is 0 Å². The quantitative estimate of drug-likeness (QED) is 0.391. The summed E-state index contributed by atoms with van der Waals surface area (Å²) in [6.07, 6.45) is 6.24. The molecule has 3 aliphatic rings. The SMILES string of the molecule is COC(=O)[C@H]1C(=O)C2=C(C[C@H]1C)NC(C)=C(C(=O)OC1CCCCCC1)[C@H]2c1ccc(F)cc1. The molecule has 0 amide bonds. The van der Waals surface area contributed by atoms with E-state index in [2.05, 4.69) is 5.32 Å². The summed E-state index contributed by atoms with van der Waals surface area (Å²) in [4.78, 5) is 39.7. The molecule has 1 aromatic carbocycles. The van der Waals surface area contributed by atoms with Gasteiger partial charge >= 0.3 is 11.9 Å². The van der Waals surface area contributed by atoms with Crippen molar-refractivity contribution in [3.8, 4) is 0 Å². The zero-order chi connectivity index (χ0) is 24.4. The first-order valence-electron chi connectivity index (χ1n) is 12.1. The Morgan fingerprint density at radius 2 is 1.71 bits per heavy atom. The van der Waals surface area contributed by atoms with E-state index in [1.807, 2.05) is 6.92 Å². The Bertz CT molecular complexity index is 1030. The summed E-state index contributed by atoms with van der Waals surface area (Å²) in [6, 6.07) is 5.80. The molecule has 0 saturated heterocycles. The predicted octanol–water partition coefficient (Wildman–Crippen LogP) is 4.70. The number of benzene rings is 1. The van der Waals surface area contributed by atoms with Gasteiger partial charge in [-0.2, -0.15) is 0 Å². The third kappa shape index (κ3) is 4.65. The van der Waals surface area contributed by atoms with Gasteiger partial charge in [0.1, 0.15) is 17.8 Å². The summed E-state index contributed by atoms with van der Waals surface area (Å²) < 4.78 is 24.6. The molecule has 3 atom stereocenters. The Morgan fingerprint density at radius 1 is 1.06 bits per heavy atom. The number of dihydropyridines is 1. The fourth-order valence-electron chi connectivity index (χ4n) is 5.51. The van der Waals surface area contributed by atoms with Crippen LogP contribution in [0.1, 0.15) is 70.3 Å². The maximum Gasteiger partial charge on any atom is 0.337 e. The molecule has 2 aliphatic carbocycles. The molecule has 0 unspecified atom stereocenters. The molecule has 1 fully saturated rings. The predicted molar refractivity (Wildman–Crippen MR) is 124 cm³/mol. The van der Waals surface area contributed by atoms with Gasteiger partial charge in [-0.15, -0.1) is 0 Å².